The van der Waals surface area contributed by atoms with Gasteiger partial charge in [0.05, 0.1) is 30.2 Å². The maximum atomic E-state index is 14.9. The molecule has 230 valence electrons. The Bertz CT molecular complexity index is 1620. The summed E-state index contributed by atoms with van der Waals surface area (Å²) in [7, 11) is 5.62. The van der Waals surface area contributed by atoms with Crippen LogP contribution in [0.15, 0.2) is 66.9 Å². The van der Waals surface area contributed by atoms with E-state index >= 15 is 0 Å². The number of primary amides is 1. The van der Waals surface area contributed by atoms with E-state index in [1.54, 1.807) is 19.4 Å². The average Bonchev–Trinajstić information content (AvgIpc) is 3.01. The Kier molecular flexibility index (Phi) is 9.89. The van der Waals surface area contributed by atoms with Crippen molar-refractivity contribution in [2.24, 2.45) is 5.73 Å². The number of rotatable bonds is 11. The summed E-state index contributed by atoms with van der Waals surface area (Å²) in [4.78, 5) is 23.2. The molecule has 3 heterocycles. The number of aromatic nitrogens is 3. The number of amides is 1. The second kappa shape index (κ2) is 14.0. The number of benzene rings is 2. The third kappa shape index (κ3) is 7.60. The van der Waals surface area contributed by atoms with Crippen LogP contribution in [0.4, 0.5) is 21.6 Å². The molecule has 0 aliphatic carbocycles. The molecule has 1 aliphatic heterocycles. The van der Waals surface area contributed by atoms with E-state index in [0.29, 0.717) is 28.8 Å². The van der Waals surface area contributed by atoms with Crippen molar-refractivity contribution in [1.29, 1.82) is 0 Å². The van der Waals surface area contributed by atoms with Gasteiger partial charge in [0.15, 0.2) is 5.82 Å². The van der Waals surface area contributed by atoms with Crippen molar-refractivity contribution in [2.75, 3.05) is 57.6 Å². The maximum Gasteiger partial charge on any atom is 0.219 e. The van der Waals surface area contributed by atoms with E-state index in [1.165, 1.54) is 18.2 Å². The highest BCUT2D eigenvalue weighted by atomic mass is 35.5. The van der Waals surface area contributed by atoms with Gasteiger partial charge in [0, 0.05) is 68.7 Å². The van der Waals surface area contributed by atoms with Crippen LogP contribution in [0.2, 0.25) is 5.02 Å². The van der Waals surface area contributed by atoms with E-state index in [4.69, 9.17) is 22.1 Å². The molecule has 1 atom stereocenters. The molecule has 1 fully saturated rings. The van der Waals surface area contributed by atoms with Crippen molar-refractivity contribution in [3.05, 3.63) is 89.0 Å². The lowest BCUT2D eigenvalue weighted by Gasteiger charge is -2.37. The molecule has 0 saturated carbocycles. The van der Waals surface area contributed by atoms with Crippen molar-refractivity contribution < 1.29 is 13.9 Å². The summed E-state index contributed by atoms with van der Waals surface area (Å²) in [6.07, 6.45) is 1.86. The Labute approximate surface area is 261 Å². The summed E-state index contributed by atoms with van der Waals surface area (Å²) in [5.41, 5.74) is 9.29. The van der Waals surface area contributed by atoms with Crippen molar-refractivity contribution in [2.45, 2.75) is 19.0 Å². The number of carbonyl (C=O) groups is 1. The highest BCUT2D eigenvalue weighted by Gasteiger charge is 2.27. The van der Waals surface area contributed by atoms with E-state index in [1.807, 2.05) is 48.3 Å². The van der Waals surface area contributed by atoms with Crippen molar-refractivity contribution in [3.63, 3.8) is 0 Å². The molecule has 4 aromatic rings. The van der Waals surface area contributed by atoms with E-state index in [2.05, 4.69) is 37.3 Å². The monoisotopic (exact) mass is 618 g/mol. The lowest BCUT2D eigenvalue weighted by molar-refractivity contribution is -0.119. The van der Waals surface area contributed by atoms with Gasteiger partial charge < -0.3 is 25.6 Å². The molecule has 1 saturated heterocycles. The van der Waals surface area contributed by atoms with Crippen LogP contribution >= 0.6 is 11.6 Å². The quantitative estimate of drug-likeness (QED) is 0.243. The smallest absolute Gasteiger partial charge is 0.219 e. The molecule has 2 aromatic carbocycles. The van der Waals surface area contributed by atoms with Gasteiger partial charge in [-0.2, -0.15) is 0 Å². The van der Waals surface area contributed by atoms with E-state index in [9.17, 15) is 9.18 Å². The molecule has 2 aromatic heterocycles. The van der Waals surface area contributed by atoms with Crippen LogP contribution in [-0.4, -0.2) is 78.3 Å². The van der Waals surface area contributed by atoms with Crippen LogP contribution in [0.3, 0.4) is 0 Å². The van der Waals surface area contributed by atoms with Gasteiger partial charge in [0.1, 0.15) is 11.6 Å². The Morgan fingerprint density at radius 1 is 1.11 bits per heavy atom. The standard InChI is InChI=1S/C32H36ClFN8O2/c1-40-11-13-42(14-12-40)30(19-31(35)43)28-17-23(9-10-36-28)37-29-18-27(25-16-22(33)7-8-26(25)34)38-39-32(29)41(2)20-21-5-4-6-24(15-21)44-3/h4-10,15-18,30H,11-14,19-20H2,1-3H3,(H2,35,43)(H,36,37,38). The summed E-state index contributed by atoms with van der Waals surface area (Å²) in [6, 6.07) is 17.3. The largest absolute Gasteiger partial charge is 0.497 e. The highest BCUT2D eigenvalue weighted by molar-refractivity contribution is 6.30. The number of methoxy groups -OCH3 is 1. The zero-order chi connectivity index (χ0) is 31.2. The Balaban J connectivity index is 1.50. The van der Waals surface area contributed by atoms with Crippen LogP contribution in [0, 0.1) is 5.82 Å². The minimum absolute atomic E-state index is 0.156. The van der Waals surface area contributed by atoms with E-state index in [-0.39, 0.29) is 23.9 Å². The number of likely N-dealkylation sites (N-methyl/N-ethyl adjacent to an activating group) is 1. The van der Waals surface area contributed by atoms with Crippen LogP contribution < -0.4 is 20.7 Å². The minimum atomic E-state index is -0.459. The Morgan fingerprint density at radius 3 is 2.66 bits per heavy atom. The van der Waals surface area contributed by atoms with Gasteiger partial charge in [-0.25, -0.2) is 4.39 Å². The molecular weight excluding hydrogens is 583 g/mol. The van der Waals surface area contributed by atoms with Gasteiger partial charge >= 0.3 is 0 Å². The molecule has 0 radical (unpaired) electrons. The molecule has 3 N–H and O–H groups in total. The molecular formula is C32H36ClFN8O2. The second-order valence-electron chi connectivity index (χ2n) is 10.9. The van der Waals surface area contributed by atoms with E-state index < -0.39 is 5.82 Å². The van der Waals surface area contributed by atoms with Gasteiger partial charge in [0.25, 0.3) is 0 Å². The van der Waals surface area contributed by atoms with Crippen LogP contribution in [-0.2, 0) is 11.3 Å². The first-order valence-corrected chi connectivity index (χ1v) is 14.7. The molecule has 1 unspecified atom stereocenters. The predicted octanol–water partition coefficient (Wildman–Crippen LogP) is 4.88. The van der Waals surface area contributed by atoms with Crippen LogP contribution in [0.5, 0.6) is 5.75 Å². The number of nitrogens with zero attached hydrogens (tertiary/aromatic N) is 6. The number of hydrogen-bond acceptors (Lipinski definition) is 9. The SMILES string of the molecule is COc1cccc(CN(C)c2nnc(-c3cc(Cl)ccc3F)cc2Nc2ccnc(C(CC(N)=O)N3CCN(C)CC3)c2)c1. The third-order valence-electron chi connectivity index (χ3n) is 7.67. The molecule has 0 bridgehead atoms. The van der Waals surface area contributed by atoms with Gasteiger partial charge in [-0.05, 0) is 61.1 Å². The molecule has 1 aliphatic rings. The van der Waals surface area contributed by atoms with Crippen LogP contribution in [0.1, 0.15) is 23.7 Å². The number of carbonyl (C=O) groups excluding carboxylic acids is 1. The zero-order valence-electron chi connectivity index (χ0n) is 25.0. The Hall–Kier alpha value is -4.32. The number of piperazine rings is 1. The Morgan fingerprint density at radius 2 is 1.91 bits per heavy atom. The molecule has 5 rings (SSSR count). The normalized spacial score (nSPS) is 14.7. The minimum Gasteiger partial charge on any atom is -0.497 e. The number of nitrogens with two attached hydrogens (primary N) is 1. The van der Waals surface area contributed by atoms with Crippen LogP contribution in [0.25, 0.3) is 11.3 Å². The fourth-order valence-electron chi connectivity index (χ4n) is 5.31. The van der Waals surface area contributed by atoms with Gasteiger partial charge in [-0.15, -0.1) is 10.2 Å². The summed E-state index contributed by atoms with van der Waals surface area (Å²) in [5, 5.41) is 12.7. The fraction of sp³-hybridized carbons (Fsp3) is 0.312. The second-order valence-corrected chi connectivity index (χ2v) is 11.4. The number of ether oxygens (including phenoxy) is 1. The number of nitrogens with one attached hydrogen (secondary N) is 1. The van der Waals surface area contributed by atoms with Crippen molar-refractivity contribution in [3.8, 4) is 17.0 Å². The van der Waals surface area contributed by atoms with Crippen molar-refractivity contribution in [1.82, 2.24) is 25.0 Å². The third-order valence-corrected chi connectivity index (χ3v) is 7.90. The molecule has 1 amide bonds. The average molecular weight is 619 g/mol. The lowest BCUT2D eigenvalue weighted by Crippen LogP contribution is -2.46. The molecule has 44 heavy (non-hydrogen) atoms. The number of hydrogen-bond donors (Lipinski definition) is 2. The van der Waals surface area contributed by atoms with Gasteiger partial charge in [-0.3, -0.25) is 14.7 Å². The fourth-order valence-corrected chi connectivity index (χ4v) is 5.48. The summed E-state index contributed by atoms with van der Waals surface area (Å²) in [5.74, 6) is 0.453. The van der Waals surface area contributed by atoms with Gasteiger partial charge in [-0.1, -0.05) is 23.7 Å². The first kappa shape index (κ1) is 31.1. The maximum absolute atomic E-state index is 14.9. The summed E-state index contributed by atoms with van der Waals surface area (Å²) >= 11 is 6.19. The summed E-state index contributed by atoms with van der Waals surface area (Å²) in [6.45, 7) is 3.90. The van der Waals surface area contributed by atoms with Gasteiger partial charge in [0.2, 0.25) is 5.91 Å². The number of halogens is 2. The molecule has 0 spiro atoms. The number of pyridine rings is 1. The molecule has 12 heteroatoms. The topological polar surface area (TPSA) is 113 Å². The first-order chi connectivity index (χ1) is 21.2. The zero-order valence-corrected chi connectivity index (χ0v) is 25.8. The highest BCUT2D eigenvalue weighted by Crippen LogP contribution is 2.34. The first-order valence-electron chi connectivity index (χ1n) is 14.3. The van der Waals surface area contributed by atoms with Crippen molar-refractivity contribution >= 4 is 34.7 Å². The lowest BCUT2D eigenvalue weighted by atomic mass is 10.1. The summed E-state index contributed by atoms with van der Waals surface area (Å²) < 4.78 is 20.2. The predicted molar refractivity (Wildman–Crippen MR) is 171 cm³/mol. The number of anilines is 3. The van der Waals surface area contributed by atoms with E-state index in [0.717, 1.165) is 48.9 Å². The molecule has 10 nitrogen and oxygen atoms in total.